The molecule has 2 aromatic rings. The van der Waals surface area contributed by atoms with E-state index in [2.05, 4.69) is 20.2 Å². The Labute approximate surface area is 152 Å². The fourth-order valence-electron chi connectivity index (χ4n) is 2.89. The Morgan fingerprint density at radius 2 is 2.00 bits per heavy atom. The van der Waals surface area contributed by atoms with Crippen molar-refractivity contribution in [3.63, 3.8) is 0 Å². The van der Waals surface area contributed by atoms with E-state index in [1.165, 1.54) is 11.3 Å². The molecule has 6 nitrogen and oxygen atoms in total. The van der Waals surface area contributed by atoms with Gasteiger partial charge in [0.2, 0.25) is 0 Å². The molecule has 1 amide bonds. The topological polar surface area (TPSA) is 67.4 Å². The Bertz CT molecular complexity index is 723. The second kappa shape index (κ2) is 7.82. The van der Waals surface area contributed by atoms with Crippen LogP contribution in [-0.4, -0.2) is 41.1 Å². The van der Waals surface area contributed by atoms with Gasteiger partial charge < -0.3 is 15.0 Å². The first kappa shape index (κ1) is 17.7. The molecule has 0 radical (unpaired) electrons. The minimum atomic E-state index is 0.0277. The van der Waals surface area contributed by atoms with Crippen LogP contribution in [-0.2, 0) is 0 Å². The van der Waals surface area contributed by atoms with Gasteiger partial charge in [0.15, 0.2) is 5.82 Å². The smallest absolute Gasteiger partial charge is 0.261 e. The van der Waals surface area contributed by atoms with E-state index in [9.17, 15) is 4.79 Å². The molecule has 3 rings (SSSR count). The van der Waals surface area contributed by atoms with E-state index in [1.807, 2.05) is 32.9 Å². The van der Waals surface area contributed by atoms with Crippen molar-refractivity contribution < 1.29 is 9.53 Å². The Morgan fingerprint density at radius 1 is 1.28 bits per heavy atom. The third-order valence-electron chi connectivity index (χ3n) is 4.09. The number of hydrogen-bond acceptors (Lipinski definition) is 6. The standard InChI is InChI=1S/C18H24N4O2S/c1-12(2)24-18-16(19-8-9-20-18)22-10-6-14(7-11-22)21-17(23)15-5-4-13(3)25-15/h4-5,8-9,12,14H,6-7,10-11H2,1-3H3,(H,21,23). The molecule has 134 valence electrons. The van der Waals surface area contributed by atoms with Crippen LogP contribution in [0.5, 0.6) is 5.88 Å². The first-order valence-electron chi connectivity index (χ1n) is 8.63. The number of piperidine rings is 1. The highest BCUT2D eigenvalue weighted by Crippen LogP contribution is 2.26. The van der Waals surface area contributed by atoms with Crippen LogP contribution in [0.15, 0.2) is 24.5 Å². The van der Waals surface area contributed by atoms with Crippen LogP contribution < -0.4 is 15.0 Å². The Balaban J connectivity index is 1.58. The summed E-state index contributed by atoms with van der Waals surface area (Å²) in [7, 11) is 0. The molecule has 1 aliphatic rings. The first-order chi connectivity index (χ1) is 12.0. The summed E-state index contributed by atoms with van der Waals surface area (Å²) in [5.74, 6) is 1.39. The average molecular weight is 360 g/mol. The summed E-state index contributed by atoms with van der Waals surface area (Å²) < 4.78 is 5.77. The van der Waals surface area contributed by atoms with E-state index in [0.29, 0.717) is 5.88 Å². The fraction of sp³-hybridized carbons (Fsp3) is 0.500. The molecule has 1 aliphatic heterocycles. The normalized spacial score (nSPS) is 15.4. The predicted molar refractivity (Wildman–Crippen MR) is 99.6 cm³/mol. The molecule has 0 spiro atoms. The number of nitrogens with one attached hydrogen (secondary N) is 1. The maximum Gasteiger partial charge on any atom is 0.261 e. The van der Waals surface area contributed by atoms with Crippen molar-refractivity contribution >= 4 is 23.1 Å². The van der Waals surface area contributed by atoms with Crippen LogP contribution >= 0.6 is 11.3 Å². The van der Waals surface area contributed by atoms with Gasteiger partial charge in [-0.2, -0.15) is 0 Å². The lowest BCUT2D eigenvalue weighted by atomic mass is 10.0. The van der Waals surface area contributed by atoms with Gasteiger partial charge in [-0.05, 0) is 45.7 Å². The number of carbonyl (C=O) groups is 1. The molecule has 1 fully saturated rings. The number of anilines is 1. The van der Waals surface area contributed by atoms with Gasteiger partial charge in [0.1, 0.15) is 0 Å². The molecule has 0 saturated carbocycles. The van der Waals surface area contributed by atoms with Crippen molar-refractivity contribution in [3.05, 3.63) is 34.3 Å². The third-order valence-corrected chi connectivity index (χ3v) is 5.09. The van der Waals surface area contributed by atoms with Crippen LogP contribution in [0.4, 0.5) is 5.82 Å². The number of hydrogen-bond donors (Lipinski definition) is 1. The van der Waals surface area contributed by atoms with Gasteiger partial charge >= 0.3 is 0 Å². The molecule has 2 aromatic heterocycles. The summed E-state index contributed by atoms with van der Waals surface area (Å²) in [6, 6.07) is 4.06. The van der Waals surface area contributed by atoms with Crippen LogP contribution in [0.1, 0.15) is 41.2 Å². The Morgan fingerprint density at radius 3 is 2.64 bits per heavy atom. The summed E-state index contributed by atoms with van der Waals surface area (Å²) in [6.45, 7) is 7.61. The number of amides is 1. The molecule has 0 atom stereocenters. The average Bonchev–Trinajstić information content (AvgIpc) is 3.02. The van der Waals surface area contributed by atoms with E-state index in [0.717, 1.165) is 41.5 Å². The molecular formula is C18H24N4O2S. The van der Waals surface area contributed by atoms with Crippen LogP contribution in [0.25, 0.3) is 0 Å². The lowest BCUT2D eigenvalue weighted by Gasteiger charge is -2.33. The number of aromatic nitrogens is 2. The van der Waals surface area contributed by atoms with E-state index in [1.54, 1.807) is 12.4 Å². The van der Waals surface area contributed by atoms with Gasteiger partial charge in [0, 0.05) is 36.4 Å². The van der Waals surface area contributed by atoms with Gasteiger partial charge in [0.05, 0.1) is 11.0 Å². The third kappa shape index (κ3) is 4.48. The van der Waals surface area contributed by atoms with Gasteiger partial charge in [0.25, 0.3) is 11.8 Å². The summed E-state index contributed by atoms with van der Waals surface area (Å²) in [4.78, 5) is 25.2. The largest absolute Gasteiger partial charge is 0.472 e. The Kier molecular flexibility index (Phi) is 5.53. The van der Waals surface area contributed by atoms with Crippen LogP contribution in [0.2, 0.25) is 0 Å². The predicted octanol–water partition coefficient (Wildman–Crippen LogP) is 3.03. The molecule has 0 aliphatic carbocycles. The molecule has 0 unspecified atom stereocenters. The van der Waals surface area contributed by atoms with Gasteiger partial charge in [-0.25, -0.2) is 9.97 Å². The minimum absolute atomic E-state index is 0.0277. The molecular weight excluding hydrogens is 336 g/mol. The van der Waals surface area contributed by atoms with Crippen LogP contribution in [0, 0.1) is 6.92 Å². The molecule has 1 saturated heterocycles. The quantitative estimate of drug-likeness (QED) is 0.888. The van der Waals surface area contributed by atoms with Crippen LogP contribution in [0.3, 0.4) is 0 Å². The zero-order chi connectivity index (χ0) is 17.8. The number of carbonyl (C=O) groups excluding carboxylic acids is 1. The van der Waals surface area contributed by atoms with Crippen molar-refractivity contribution in [2.24, 2.45) is 0 Å². The highest BCUT2D eigenvalue weighted by Gasteiger charge is 2.25. The number of ether oxygens (including phenoxy) is 1. The molecule has 1 N–H and O–H groups in total. The number of rotatable bonds is 5. The van der Waals surface area contributed by atoms with E-state index in [4.69, 9.17) is 4.74 Å². The zero-order valence-electron chi connectivity index (χ0n) is 14.9. The second-order valence-corrected chi connectivity index (χ2v) is 7.78. The lowest BCUT2D eigenvalue weighted by Crippen LogP contribution is -2.45. The number of aryl methyl sites for hydroxylation is 1. The van der Waals surface area contributed by atoms with Crippen molar-refractivity contribution in [2.45, 2.75) is 45.8 Å². The zero-order valence-corrected chi connectivity index (χ0v) is 15.7. The summed E-state index contributed by atoms with van der Waals surface area (Å²) in [5, 5.41) is 3.14. The van der Waals surface area contributed by atoms with Gasteiger partial charge in [-0.15, -0.1) is 11.3 Å². The number of thiophene rings is 1. The summed E-state index contributed by atoms with van der Waals surface area (Å²) in [6.07, 6.45) is 5.16. The van der Waals surface area contributed by atoms with E-state index in [-0.39, 0.29) is 18.1 Å². The van der Waals surface area contributed by atoms with E-state index >= 15 is 0 Å². The van der Waals surface area contributed by atoms with Crippen molar-refractivity contribution in [2.75, 3.05) is 18.0 Å². The molecule has 0 aromatic carbocycles. The van der Waals surface area contributed by atoms with Gasteiger partial charge in [-0.3, -0.25) is 4.79 Å². The molecule has 3 heterocycles. The molecule has 25 heavy (non-hydrogen) atoms. The molecule has 7 heteroatoms. The fourth-order valence-corrected chi connectivity index (χ4v) is 3.66. The van der Waals surface area contributed by atoms with E-state index < -0.39 is 0 Å². The lowest BCUT2D eigenvalue weighted by molar-refractivity contribution is 0.0935. The van der Waals surface area contributed by atoms with Gasteiger partial charge in [-0.1, -0.05) is 0 Å². The second-order valence-electron chi connectivity index (χ2n) is 6.50. The SMILES string of the molecule is Cc1ccc(C(=O)NC2CCN(c3nccnc3OC(C)C)CC2)s1. The highest BCUT2D eigenvalue weighted by atomic mass is 32.1. The maximum atomic E-state index is 12.3. The minimum Gasteiger partial charge on any atom is -0.472 e. The molecule has 0 bridgehead atoms. The number of nitrogens with zero attached hydrogens (tertiary/aromatic N) is 3. The summed E-state index contributed by atoms with van der Waals surface area (Å²) in [5.41, 5.74) is 0. The van der Waals surface area contributed by atoms with Crippen molar-refractivity contribution in [1.29, 1.82) is 0 Å². The maximum absolute atomic E-state index is 12.3. The first-order valence-corrected chi connectivity index (χ1v) is 9.44. The monoisotopic (exact) mass is 360 g/mol. The summed E-state index contributed by atoms with van der Waals surface area (Å²) >= 11 is 1.53. The highest BCUT2D eigenvalue weighted by molar-refractivity contribution is 7.13. The van der Waals surface area contributed by atoms with Crippen molar-refractivity contribution in [3.8, 4) is 5.88 Å². The Hall–Kier alpha value is -2.15. The van der Waals surface area contributed by atoms with Crippen molar-refractivity contribution in [1.82, 2.24) is 15.3 Å².